The van der Waals surface area contributed by atoms with Crippen molar-refractivity contribution < 1.29 is 9.94 Å². The van der Waals surface area contributed by atoms with Crippen molar-refractivity contribution in [1.82, 2.24) is 5.32 Å². The summed E-state index contributed by atoms with van der Waals surface area (Å²) in [5.41, 5.74) is 6.55. The SMILES string of the molecule is N/C(CCOCCNCc1ccccc1)=N/O. The van der Waals surface area contributed by atoms with Crippen LogP contribution in [0.4, 0.5) is 0 Å². The van der Waals surface area contributed by atoms with Gasteiger partial charge in [-0.15, -0.1) is 0 Å². The van der Waals surface area contributed by atoms with E-state index in [2.05, 4.69) is 22.6 Å². The molecule has 5 heteroatoms. The van der Waals surface area contributed by atoms with E-state index < -0.39 is 0 Å². The van der Waals surface area contributed by atoms with E-state index in [0.717, 1.165) is 13.1 Å². The summed E-state index contributed by atoms with van der Waals surface area (Å²) >= 11 is 0. The first-order valence-corrected chi connectivity index (χ1v) is 5.61. The second-order valence-electron chi connectivity index (χ2n) is 3.62. The van der Waals surface area contributed by atoms with Crippen LogP contribution in [-0.4, -0.2) is 30.8 Å². The maximum Gasteiger partial charge on any atom is 0.141 e. The molecular weight excluding hydrogens is 218 g/mol. The Kier molecular flexibility index (Phi) is 6.78. The van der Waals surface area contributed by atoms with Gasteiger partial charge in [-0.2, -0.15) is 0 Å². The van der Waals surface area contributed by atoms with Crippen molar-refractivity contribution in [2.45, 2.75) is 13.0 Å². The van der Waals surface area contributed by atoms with Crippen molar-refractivity contribution in [3.05, 3.63) is 35.9 Å². The van der Waals surface area contributed by atoms with Crippen molar-refractivity contribution in [3.63, 3.8) is 0 Å². The fraction of sp³-hybridized carbons (Fsp3) is 0.417. The van der Waals surface area contributed by atoms with Crippen LogP contribution in [0.1, 0.15) is 12.0 Å². The van der Waals surface area contributed by atoms with Gasteiger partial charge in [0.15, 0.2) is 0 Å². The minimum absolute atomic E-state index is 0.197. The molecule has 0 radical (unpaired) electrons. The normalized spacial score (nSPS) is 11.6. The van der Waals surface area contributed by atoms with Gasteiger partial charge in [-0.05, 0) is 5.56 Å². The summed E-state index contributed by atoms with van der Waals surface area (Å²) in [6, 6.07) is 10.2. The molecule has 1 aromatic rings. The quantitative estimate of drug-likeness (QED) is 0.206. The van der Waals surface area contributed by atoms with Gasteiger partial charge in [0.25, 0.3) is 0 Å². The Morgan fingerprint density at radius 3 is 2.76 bits per heavy atom. The first-order valence-electron chi connectivity index (χ1n) is 5.61. The third kappa shape index (κ3) is 6.55. The lowest BCUT2D eigenvalue weighted by atomic mass is 10.2. The van der Waals surface area contributed by atoms with Gasteiger partial charge < -0.3 is 21.0 Å². The van der Waals surface area contributed by atoms with E-state index in [1.54, 1.807) is 0 Å². The smallest absolute Gasteiger partial charge is 0.141 e. The Bertz CT molecular complexity index is 328. The average molecular weight is 237 g/mol. The van der Waals surface area contributed by atoms with Crippen molar-refractivity contribution in [1.29, 1.82) is 0 Å². The van der Waals surface area contributed by atoms with Crippen molar-refractivity contribution in [2.75, 3.05) is 19.8 Å². The Balaban J connectivity index is 1.95. The largest absolute Gasteiger partial charge is 0.409 e. The zero-order valence-electron chi connectivity index (χ0n) is 9.80. The third-order valence-electron chi connectivity index (χ3n) is 2.23. The fourth-order valence-electron chi connectivity index (χ4n) is 1.30. The molecule has 1 aromatic carbocycles. The van der Waals surface area contributed by atoms with E-state index in [9.17, 15) is 0 Å². The van der Waals surface area contributed by atoms with Crippen molar-refractivity contribution in [2.24, 2.45) is 10.9 Å². The number of hydrogen-bond acceptors (Lipinski definition) is 4. The lowest BCUT2D eigenvalue weighted by Crippen LogP contribution is -2.21. The summed E-state index contributed by atoms with van der Waals surface area (Å²) in [4.78, 5) is 0. The predicted octanol–water partition coefficient (Wildman–Crippen LogP) is 0.929. The molecule has 0 unspecified atom stereocenters. The van der Waals surface area contributed by atoms with Gasteiger partial charge in [0.1, 0.15) is 5.84 Å². The van der Waals surface area contributed by atoms with E-state index in [4.69, 9.17) is 15.7 Å². The average Bonchev–Trinajstić information content (AvgIpc) is 2.38. The monoisotopic (exact) mass is 237 g/mol. The Morgan fingerprint density at radius 2 is 2.06 bits per heavy atom. The number of benzene rings is 1. The minimum atomic E-state index is 0.197. The third-order valence-corrected chi connectivity index (χ3v) is 2.23. The van der Waals surface area contributed by atoms with Crippen molar-refractivity contribution >= 4 is 5.84 Å². The van der Waals surface area contributed by atoms with E-state index in [1.165, 1.54) is 5.56 Å². The lowest BCUT2D eigenvalue weighted by Gasteiger charge is -2.05. The maximum absolute atomic E-state index is 8.30. The number of nitrogens with zero attached hydrogens (tertiary/aromatic N) is 1. The van der Waals surface area contributed by atoms with Crippen LogP contribution in [0.2, 0.25) is 0 Å². The summed E-state index contributed by atoms with van der Waals surface area (Å²) in [6.45, 7) is 2.71. The Morgan fingerprint density at radius 1 is 1.29 bits per heavy atom. The zero-order valence-corrected chi connectivity index (χ0v) is 9.80. The molecule has 1 rings (SSSR count). The molecule has 0 aliphatic carbocycles. The molecule has 17 heavy (non-hydrogen) atoms. The molecule has 0 heterocycles. The number of nitrogens with one attached hydrogen (secondary N) is 1. The number of nitrogens with two attached hydrogens (primary N) is 1. The number of hydrogen-bond donors (Lipinski definition) is 3. The second kappa shape index (κ2) is 8.55. The first-order chi connectivity index (χ1) is 8.33. The van der Waals surface area contributed by atoms with Crippen molar-refractivity contribution in [3.8, 4) is 0 Å². The van der Waals surface area contributed by atoms with Crippen LogP contribution >= 0.6 is 0 Å². The molecule has 0 saturated heterocycles. The van der Waals surface area contributed by atoms with Crippen LogP contribution in [0.15, 0.2) is 35.5 Å². The van der Waals surface area contributed by atoms with E-state index in [1.807, 2.05) is 18.2 Å². The van der Waals surface area contributed by atoms with Gasteiger partial charge >= 0.3 is 0 Å². The molecule has 94 valence electrons. The number of rotatable bonds is 8. The highest BCUT2D eigenvalue weighted by Gasteiger charge is 1.94. The molecule has 0 atom stereocenters. The summed E-state index contributed by atoms with van der Waals surface area (Å²) in [7, 11) is 0. The molecule has 0 fully saturated rings. The summed E-state index contributed by atoms with van der Waals surface area (Å²) < 4.78 is 5.31. The highest BCUT2D eigenvalue weighted by Crippen LogP contribution is 1.96. The van der Waals surface area contributed by atoms with Crippen LogP contribution in [0, 0.1) is 0 Å². The molecule has 0 aliphatic rings. The van der Waals surface area contributed by atoms with Gasteiger partial charge in [0.2, 0.25) is 0 Å². The molecular formula is C12H19N3O2. The fourth-order valence-corrected chi connectivity index (χ4v) is 1.30. The second-order valence-corrected chi connectivity index (χ2v) is 3.62. The standard InChI is InChI=1S/C12H19N3O2/c13-12(15-16)6-8-17-9-7-14-10-11-4-2-1-3-5-11/h1-5,14,16H,6-10H2,(H2,13,15). The topological polar surface area (TPSA) is 79.9 Å². The van der Waals surface area contributed by atoms with Crippen LogP contribution in [0.5, 0.6) is 0 Å². The lowest BCUT2D eigenvalue weighted by molar-refractivity contribution is 0.142. The molecule has 0 spiro atoms. The van der Waals surface area contributed by atoms with Crippen LogP contribution in [-0.2, 0) is 11.3 Å². The summed E-state index contributed by atoms with van der Waals surface area (Å²) in [5, 5.41) is 14.4. The highest BCUT2D eigenvalue weighted by molar-refractivity contribution is 5.79. The Labute approximate surface area is 101 Å². The van der Waals surface area contributed by atoms with Gasteiger partial charge in [-0.25, -0.2) is 0 Å². The zero-order chi connectivity index (χ0) is 12.3. The molecule has 5 nitrogen and oxygen atoms in total. The van der Waals surface area contributed by atoms with Gasteiger partial charge in [-0.1, -0.05) is 35.5 Å². The number of oxime groups is 1. The Hall–Kier alpha value is -1.59. The molecule has 0 aromatic heterocycles. The number of ether oxygens (including phenoxy) is 1. The number of amidine groups is 1. The summed E-state index contributed by atoms with van der Waals surface area (Å²) in [5.74, 6) is 0.197. The van der Waals surface area contributed by atoms with Crippen LogP contribution < -0.4 is 11.1 Å². The highest BCUT2D eigenvalue weighted by atomic mass is 16.5. The molecule has 0 aliphatic heterocycles. The molecule has 0 saturated carbocycles. The molecule has 4 N–H and O–H groups in total. The van der Waals surface area contributed by atoms with Gasteiger partial charge in [-0.3, -0.25) is 0 Å². The molecule has 0 bridgehead atoms. The van der Waals surface area contributed by atoms with E-state index in [-0.39, 0.29) is 5.84 Å². The maximum atomic E-state index is 8.30. The van der Waals surface area contributed by atoms with E-state index >= 15 is 0 Å². The van der Waals surface area contributed by atoms with Gasteiger partial charge in [0, 0.05) is 19.5 Å². The predicted molar refractivity (Wildman–Crippen MR) is 67.0 cm³/mol. The van der Waals surface area contributed by atoms with E-state index in [0.29, 0.717) is 19.6 Å². The minimum Gasteiger partial charge on any atom is -0.409 e. The van der Waals surface area contributed by atoms with Crippen LogP contribution in [0.25, 0.3) is 0 Å². The van der Waals surface area contributed by atoms with Gasteiger partial charge in [0.05, 0.1) is 13.2 Å². The van der Waals surface area contributed by atoms with Crippen LogP contribution in [0.3, 0.4) is 0 Å². The summed E-state index contributed by atoms with van der Waals surface area (Å²) in [6.07, 6.45) is 0.454. The molecule has 0 amide bonds. The first kappa shape index (κ1) is 13.5.